The Kier molecular flexibility index (Phi) is 4.95. The van der Waals surface area contributed by atoms with Gasteiger partial charge >= 0.3 is 0 Å². The van der Waals surface area contributed by atoms with Crippen molar-refractivity contribution in [2.24, 2.45) is 0 Å². The van der Waals surface area contributed by atoms with Crippen LogP contribution in [0.1, 0.15) is 33.3 Å². The number of ether oxygens (including phenoxy) is 1. The summed E-state index contributed by atoms with van der Waals surface area (Å²) >= 11 is 0. The van der Waals surface area contributed by atoms with Crippen LogP contribution in [0, 0.1) is 0 Å². The smallest absolute Gasteiger partial charge is 0.254 e. The summed E-state index contributed by atoms with van der Waals surface area (Å²) < 4.78 is 5.28. The van der Waals surface area contributed by atoms with Crippen LogP contribution >= 0.6 is 0 Å². The van der Waals surface area contributed by atoms with E-state index in [-0.39, 0.29) is 11.9 Å². The van der Waals surface area contributed by atoms with Crippen molar-refractivity contribution >= 4 is 11.6 Å². The number of nitrogen functional groups attached to an aromatic ring is 1. The summed E-state index contributed by atoms with van der Waals surface area (Å²) in [5.41, 5.74) is 6.78. The lowest BCUT2D eigenvalue weighted by Gasteiger charge is -2.34. The first-order valence-electron chi connectivity index (χ1n) is 6.49. The number of carbonyl (C=O) groups excluding carboxylic acids is 1. The molecule has 1 aromatic carbocycles. The van der Waals surface area contributed by atoms with Gasteiger partial charge in [0.05, 0.1) is 0 Å². The predicted molar refractivity (Wildman–Crippen MR) is 77.6 cm³/mol. The van der Waals surface area contributed by atoms with E-state index in [2.05, 4.69) is 0 Å². The lowest BCUT2D eigenvalue weighted by atomic mass is 10.1. The normalized spacial score (nSPS) is 11.7. The summed E-state index contributed by atoms with van der Waals surface area (Å²) in [5.74, 6) is -0.0340. The van der Waals surface area contributed by atoms with E-state index in [1.807, 2.05) is 38.1 Å². The molecule has 2 N–H and O–H groups in total. The van der Waals surface area contributed by atoms with Gasteiger partial charge in [-0.3, -0.25) is 4.79 Å². The summed E-state index contributed by atoms with van der Waals surface area (Å²) in [4.78, 5) is 14.3. The lowest BCUT2D eigenvalue weighted by Crippen LogP contribution is -2.48. The highest BCUT2D eigenvalue weighted by Gasteiger charge is 2.33. The molecule has 19 heavy (non-hydrogen) atoms. The first kappa shape index (κ1) is 15.5. The van der Waals surface area contributed by atoms with Crippen LogP contribution in [0.5, 0.6) is 0 Å². The number of hydrogen-bond donors (Lipinski definition) is 1. The van der Waals surface area contributed by atoms with Gasteiger partial charge in [-0.25, -0.2) is 0 Å². The number of hydrogen-bond acceptors (Lipinski definition) is 3. The Morgan fingerprint density at radius 1 is 1.37 bits per heavy atom. The highest BCUT2D eigenvalue weighted by atomic mass is 16.5. The predicted octanol–water partition coefficient (Wildman–Crippen LogP) is 2.43. The standard InChI is InChI=1S/C15H24N2O2/c1-11(2)17(14(18)15(3,4)19-5)10-12-8-6-7-9-13(12)16/h6-9,11H,10,16H2,1-5H3. The number of amides is 1. The molecule has 0 atom stereocenters. The second-order valence-electron chi connectivity index (χ2n) is 5.44. The molecule has 4 nitrogen and oxygen atoms in total. The van der Waals surface area contributed by atoms with Gasteiger partial charge in [0.2, 0.25) is 0 Å². The lowest BCUT2D eigenvalue weighted by molar-refractivity contribution is -0.153. The zero-order chi connectivity index (χ0) is 14.6. The molecule has 0 spiro atoms. The molecule has 0 aliphatic carbocycles. The van der Waals surface area contributed by atoms with E-state index < -0.39 is 5.60 Å². The van der Waals surface area contributed by atoms with Crippen LogP contribution in [0.2, 0.25) is 0 Å². The fourth-order valence-electron chi connectivity index (χ4n) is 1.78. The molecule has 0 unspecified atom stereocenters. The van der Waals surface area contributed by atoms with Crippen molar-refractivity contribution in [1.29, 1.82) is 0 Å². The number of para-hydroxylation sites is 1. The third-order valence-electron chi connectivity index (χ3n) is 3.31. The van der Waals surface area contributed by atoms with Gasteiger partial charge < -0.3 is 15.4 Å². The van der Waals surface area contributed by atoms with E-state index >= 15 is 0 Å². The van der Waals surface area contributed by atoms with Crippen LogP contribution in [-0.2, 0) is 16.1 Å². The Bertz CT molecular complexity index is 442. The first-order chi connectivity index (χ1) is 8.79. The quantitative estimate of drug-likeness (QED) is 0.831. The minimum Gasteiger partial charge on any atom is -0.398 e. The Morgan fingerprint density at radius 3 is 2.42 bits per heavy atom. The van der Waals surface area contributed by atoms with Crippen LogP contribution in [-0.4, -0.2) is 29.6 Å². The number of anilines is 1. The van der Waals surface area contributed by atoms with Gasteiger partial charge in [-0.05, 0) is 39.3 Å². The summed E-state index contributed by atoms with van der Waals surface area (Å²) in [6.07, 6.45) is 0. The van der Waals surface area contributed by atoms with Crippen LogP contribution in [0.25, 0.3) is 0 Å². The number of nitrogens with zero attached hydrogens (tertiary/aromatic N) is 1. The minimum absolute atomic E-state index is 0.0340. The molecule has 0 saturated carbocycles. The van der Waals surface area contributed by atoms with Gasteiger partial charge in [0, 0.05) is 25.4 Å². The monoisotopic (exact) mass is 264 g/mol. The van der Waals surface area contributed by atoms with Gasteiger partial charge in [0.25, 0.3) is 5.91 Å². The van der Waals surface area contributed by atoms with Crippen molar-refractivity contribution in [3.05, 3.63) is 29.8 Å². The third-order valence-corrected chi connectivity index (χ3v) is 3.31. The highest BCUT2D eigenvalue weighted by molar-refractivity contribution is 5.84. The summed E-state index contributed by atoms with van der Waals surface area (Å²) in [6.45, 7) is 8.03. The van der Waals surface area contributed by atoms with Crippen LogP contribution in [0.15, 0.2) is 24.3 Å². The number of benzene rings is 1. The third kappa shape index (κ3) is 3.70. The second kappa shape index (κ2) is 6.06. The first-order valence-corrected chi connectivity index (χ1v) is 6.49. The summed E-state index contributed by atoms with van der Waals surface area (Å²) in [7, 11) is 1.55. The number of nitrogens with two attached hydrogens (primary N) is 1. The van der Waals surface area contributed by atoms with Gasteiger partial charge in [-0.1, -0.05) is 18.2 Å². The Hall–Kier alpha value is -1.55. The molecule has 0 heterocycles. The number of methoxy groups -OCH3 is 1. The molecular formula is C15H24N2O2. The highest BCUT2D eigenvalue weighted by Crippen LogP contribution is 2.20. The van der Waals surface area contributed by atoms with Gasteiger partial charge in [0.1, 0.15) is 5.60 Å². The molecule has 0 aliphatic rings. The van der Waals surface area contributed by atoms with Gasteiger partial charge in [0.15, 0.2) is 0 Å². The molecule has 0 radical (unpaired) electrons. The van der Waals surface area contributed by atoms with Crippen molar-refractivity contribution in [3.63, 3.8) is 0 Å². The molecule has 0 aromatic heterocycles. The Labute approximate surface area is 115 Å². The van der Waals surface area contributed by atoms with Crippen LogP contribution in [0.4, 0.5) is 5.69 Å². The second-order valence-corrected chi connectivity index (χ2v) is 5.44. The fraction of sp³-hybridized carbons (Fsp3) is 0.533. The molecule has 1 amide bonds. The van der Waals surface area contributed by atoms with Crippen LogP contribution < -0.4 is 5.73 Å². The van der Waals surface area contributed by atoms with Crippen LogP contribution in [0.3, 0.4) is 0 Å². The topological polar surface area (TPSA) is 55.6 Å². The zero-order valence-corrected chi connectivity index (χ0v) is 12.4. The number of carbonyl (C=O) groups is 1. The molecule has 0 saturated heterocycles. The molecule has 0 bridgehead atoms. The van der Waals surface area contributed by atoms with E-state index in [9.17, 15) is 4.79 Å². The van der Waals surface area contributed by atoms with E-state index in [4.69, 9.17) is 10.5 Å². The van der Waals surface area contributed by atoms with E-state index in [1.165, 1.54) is 0 Å². The molecular weight excluding hydrogens is 240 g/mol. The maximum Gasteiger partial charge on any atom is 0.254 e. The van der Waals surface area contributed by atoms with Crippen molar-refractivity contribution in [2.75, 3.05) is 12.8 Å². The van der Waals surface area contributed by atoms with Gasteiger partial charge in [-0.15, -0.1) is 0 Å². The van der Waals surface area contributed by atoms with Crippen molar-refractivity contribution < 1.29 is 9.53 Å². The SMILES string of the molecule is COC(C)(C)C(=O)N(Cc1ccccc1N)C(C)C. The van der Waals surface area contributed by atoms with Crippen molar-refractivity contribution in [2.45, 2.75) is 45.9 Å². The maximum absolute atomic E-state index is 12.5. The average Bonchev–Trinajstić information content (AvgIpc) is 2.36. The molecule has 0 fully saturated rings. The fourth-order valence-corrected chi connectivity index (χ4v) is 1.78. The van der Waals surface area contributed by atoms with E-state index in [1.54, 1.807) is 25.9 Å². The average molecular weight is 264 g/mol. The van der Waals surface area contributed by atoms with Crippen molar-refractivity contribution in [3.8, 4) is 0 Å². The maximum atomic E-state index is 12.5. The summed E-state index contributed by atoms with van der Waals surface area (Å²) in [5, 5.41) is 0. The van der Waals surface area contributed by atoms with E-state index in [0.29, 0.717) is 12.2 Å². The van der Waals surface area contributed by atoms with E-state index in [0.717, 1.165) is 5.56 Å². The molecule has 1 aromatic rings. The molecule has 4 heteroatoms. The minimum atomic E-state index is -0.826. The number of rotatable bonds is 5. The molecule has 0 aliphatic heterocycles. The Balaban J connectivity index is 2.98. The van der Waals surface area contributed by atoms with Gasteiger partial charge in [-0.2, -0.15) is 0 Å². The Morgan fingerprint density at radius 2 is 1.95 bits per heavy atom. The zero-order valence-electron chi connectivity index (χ0n) is 12.4. The van der Waals surface area contributed by atoms with Crippen molar-refractivity contribution in [1.82, 2.24) is 4.90 Å². The molecule has 106 valence electrons. The largest absolute Gasteiger partial charge is 0.398 e. The molecule has 1 rings (SSSR count). The summed E-state index contributed by atoms with van der Waals surface area (Å²) in [6, 6.07) is 7.69.